The van der Waals surface area contributed by atoms with Crippen LogP contribution in [0.2, 0.25) is 0 Å². The number of aliphatic hydroxyl groups is 1. The van der Waals surface area contributed by atoms with Crippen LogP contribution in [-0.4, -0.2) is 47.3 Å². The van der Waals surface area contributed by atoms with Gasteiger partial charge >= 0.3 is 0 Å². The van der Waals surface area contributed by atoms with Gasteiger partial charge in [-0.3, -0.25) is 4.90 Å². The molecule has 1 aliphatic heterocycles. The Hall–Kier alpha value is -0.120. The number of nitrogens with one attached hydrogen (secondary N) is 1. The van der Waals surface area contributed by atoms with Gasteiger partial charge in [-0.2, -0.15) is 0 Å². The minimum Gasteiger partial charge on any atom is -0.394 e. The maximum absolute atomic E-state index is 9.49. The number of rotatable bonds is 6. The van der Waals surface area contributed by atoms with E-state index in [1.807, 2.05) is 0 Å². The van der Waals surface area contributed by atoms with Crippen molar-refractivity contribution in [1.82, 2.24) is 10.2 Å². The van der Waals surface area contributed by atoms with Crippen LogP contribution in [0.3, 0.4) is 0 Å². The van der Waals surface area contributed by atoms with E-state index in [4.69, 9.17) is 0 Å². The number of hydrogen-bond donors (Lipinski definition) is 2. The van der Waals surface area contributed by atoms with Crippen LogP contribution in [0.1, 0.15) is 47.0 Å². The summed E-state index contributed by atoms with van der Waals surface area (Å²) in [5.74, 6) is 0. The average molecular weight is 228 g/mol. The van der Waals surface area contributed by atoms with Gasteiger partial charge in [-0.05, 0) is 53.1 Å². The predicted octanol–water partition coefficient (Wildman–Crippen LogP) is 1.61. The van der Waals surface area contributed by atoms with Crippen molar-refractivity contribution >= 4 is 0 Å². The maximum Gasteiger partial charge on any atom is 0.0611 e. The van der Waals surface area contributed by atoms with Gasteiger partial charge in [0.05, 0.1) is 6.61 Å². The number of hydrogen-bond acceptors (Lipinski definition) is 3. The van der Waals surface area contributed by atoms with E-state index in [0.29, 0.717) is 12.1 Å². The topological polar surface area (TPSA) is 35.5 Å². The summed E-state index contributed by atoms with van der Waals surface area (Å²) in [7, 11) is 0. The molecule has 0 bridgehead atoms. The van der Waals surface area contributed by atoms with Crippen LogP contribution in [0.5, 0.6) is 0 Å². The first-order valence-electron chi connectivity index (χ1n) is 6.64. The second-order valence-electron chi connectivity index (χ2n) is 5.53. The minimum atomic E-state index is -0.128. The molecule has 3 heteroatoms. The van der Waals surface area contributed by atoms with Gasteiger partial charge in [-0.1, -0.05) is 6.92 Å². The first kappa shape index (κ1) is 13.9. The fourth-order valence-electron chi connectivity index (χ4n) is 3.00. The van der Waals surface area contributed by atoms with Gasteiger partial charge < -0.3 is 10.4 Å². The molecule has 1 heterocycles. The third kappa shape index (κ3) is 3.44. The molecule has 0 aromatic carbocycles. The van der Waals surface area contributed by atoms with Gasteiger partial charge in [-0.15, -0.1) is 0 Å². The minimum absolute atomic E-state index is 0.128. The highest BCUT2D eigenvalue weighted by molar-refractivity contribution is 4.89. The lowest BCUT2D eigenvalue weighted by Gasteiger charge is -2.36. The van der Waals surface area contributed by atoms with E-state index in [2.05, 4.69) is 37.9 Å². The molecule has 0 aromatic rings. The molecule has 3 atom stereocenters. The largest absolute Gasteiger partial charge is 0.394 e. The molecular formula is C13H28N2O. The van der Waals surface area contributed by atoms with Crippen LogP contribution < -0.4 is 5.32 Å². The Kier molecular flexibility index (Phi) is 5.22. The van der Waals surface area contributed by atoms with Crippen LogP contribution in [0.15, 0.2) is 0 Å². The fourth-order valence-corrected chi connectivity index (χ4v) is 3.00. The number of aliphatic hydroxyl groups excluding tert-OH is 1. The summed E-state index contributed by atoms with van der Waals surface area (Å²) in [4.78, 5) is 2.57. The summed E-state index contributed by atoms with van der Waals surface area (Å²) in [6, 6.07) is 1.26. The highest BCUT2D eigenvalue weighted by Gasteiger charge is 2.31. The lowest BCUT2D eigenvalue weighted by atomic mass is 9.93. The molecular weight excluding hydrogens is 200 g/mol. The van der Waals surface area contributed by atoms with Crippen molar-refractivity contribution in [3.63, 3.8) is 0 Å². The summed E-state index contributed by atoms with van der Waals surface area (Å²) in [5.41, 5.74) is -0.128. The highest BCUT2D eigenvalue weighted by Crippen LogP contribution is 2.24. The molecule has 0 aliphatic carbocycles. The van der Waals surface area contributed by atoms with Crippen molar-refractivity contribution in [2.24, 2.45) is 0 Å². The normalized spacial score (nSPS) is 27.9. The van der Waals surface area contributed by atoms with Gasteiger partial charge in [0.25, 0.3) is 0 Å². The van der Waals surface area contributed by atoms with E-state index in [9.17, 15) is 5.11 Å². The zero-order valence-electron chi connectivity index (χ0n) is 11.3. The quantitative estimate of drug-likeness (QED) is 0.725. The van der Waals surface area contributed by atoms with E-state index in [1.54, 1.807) is 0 Å². The van der Waals surface area contributed by atoms with Gasteiger partial charge in [-0.25, -0.2) is 0 Å². The zero-order chi connectivity index (χ0) is 12.2. The third-order valence-electron chi connectivity index (χ3n) is 3.87. The van der Waals surface area contributed by atoms with Gasteiger partial charge in [0.2, 0.25) is 0 Å². The first-order chi connectivity index (χ1) is 7.52. The number of likely N-dealkylation sites (N-methyl/N-ethyl adjacent to an activating group) is 1. The summed E-state index contributed by atoms with van der Waals surface area (Å²) in [6.07, 6.45) is 3.66. The van der Waals surface area contributed by atoms with Crippen LogP contribution in [0.25, 0.3) is 0 Å². The van der Waals surface area contributed by atoms with Crippen molar-refractivity contribution in [2.45, 2.75) is 64.6 Å². The molecule has 0 aromatic heterocycles. The van der Waals surface area contributed by atoms with E-state index < -0.39 is 0 Å². The van der Waals surface area contributed by atoms with Crippen LogP contribution in [0.4, 0.5) is 0 Å². The molecule has 2 N–H and O–H groups in total. The standard InChI is InChI=1S/C13H28N2O/c1-5-14-13(4,10-16)9-12(3)15-8-6-7-11(15)2/h11-12,14,16H,5-10H2,1-4H3. The summed E-state index contributed by atoms with van der Waals surface area (Å²) in [5, 5.41) is 12.9. The molecule has 3 unspecified atom stereocenters. The zero-order valence-corrected chi connectivity index (χ0v) is 11.3. The monoisotopic (exact) mass is 228 g/mol. The Labute approximate surface area is 100 Å². The van der Waals surface area contributed by atoms with E-state index >= 15 is 0 Å². The smallest absolute Gasteiger partial charge is 0.0611 e. The third-order valence-corrected chi connectivity index (χ3v) is 3.87. The molecule has 0 amide bonds. The number of nitrogens with zero attached hydrogens (tertiary/aromatic N) is 1. The van der Waals surface area contributed by atoms with Gasteiger partial charge in [0, 0.05) is 17.6 Å². The molecule has 0 radical (unpaired) electrons. The summed E-state index contributed by atoms with van der Waals surface area (Å²) >= 11 is 0. The van der Waals surface area contributed by atoms with Crippen molar-refractivity contribution < 1.29 is 5.11 Å². The lowest BCUT2D eigenvalue weighted by Crippen LogP contribution is -2.51. The molecule has 96 valence electrons. The Morgan fingerprint density at radius 1 is 1.56 bits per heavy atom. The fraction of sp³-hybridized carbons (Fsp3) is 1.00. The van der Waals surface area contributed by atoms with Crippen molar-refractivity contribution in [1.29, 1.82) is 0 Å². The Balaban J connectivity index is 2.50. The maximum atomic E-state index is 9.49. The molecule has 1 rings (SSSR count). The SMILES string of the molecule is CCNC(C)(CO)CC(C)N1CCCC1C. The number of likely N-dealkylation sites (tertiary alicyclic amines) is 1. The van der Waals surface area contributed by atoms with E-state index in [0.717, 1.165) is 13.0 Å². The molecule has 0 saturated carbocycles. The van der Waals surface area contributed by atoms with E-state index in [-0.39, 0.29) is 12.1 Å². The van der Waals surface area contributed by atoms with Crippen LogP contribution in [-0.2, 0) is 0 Å². The van der Waals surface area contributed by atoms with Gasteiger partial charge in [0.1, 0.15) is 0 Å². The van der Waals surface area contributed by atoms with Crippen LogP contribution >= 0.6 is 0 Å². The first-order valence-corrected chi connectivity index (χ1v) is 6.64. The van der Waals surface area contributed by atoms with Crippen molar-refractivity contribution in [2.75, 3.05) is 19.7 Å². The Morgan fingerprint density at radius 3 is 2.69 bits per heavy atom. The molecule has 16 heavy (non-hydrogen) atoms. The average Bonchev–Trinajstić information content (AvgIpc) is 2.65. The Morgan fingerprint density at radius 2 is 2.25 bits per heavy atom. The molecule has 1 aliphatic rings. The molecule has 0 spiro atoms. The highest BCUT2D eigenvalue weighted by atomic mass is 16.3. The van der Waals surface area contributed by atoms with Crippen LogP contribution in [0, 0.1) is 0 Å². The second-order valence-corrected chi connectivity index (χ2v) is 5.53. The Bertz CT molecular complexity index is 210. The summed E-state index contributed by atoms with van der Waals surface area (Å²) < 4.78 is 0. The predicted molar refractivity (Wildman–Crippen MR) is 68.6 cm³/mol. The van der Waals surface area contributed by atoms with Crippen molar-refractivity contribution in [3.05, 3.63) is 0 Å². The second kappa shape index (κ2) is 5.99. The van der Waals surface area contributed by atoms with Gasteiger partial charge in [0.15, 0.2) is 0 Å². The summed E-state index contributed by atoms with van der Waals surface area (Å²) in [6.45, 7) is 11.2. The lowest BCUT2D eigenvalue weighted by molar-refractivity contribution is 0.112. The molecule has 1 saturated heterocycles. The van der Waals surface area contributed by atoms with E-state index in [1.165, 1.54) is 19.4 Å². The molecule has 3 nitrogen and oxygen atoms in total. The molecule has 1 fully saturated rings. The van der Waals surface area contributed by atoms with Crippen molar-refractivity contribution in [3.8, 4) is 0 Å².